The van der Waals surface area contributed by atoms with Crippen molar-refractivity contribution in [2.24, 2.45) is 0 Å². The molecule has 0 aliphatic carbocycles. The molecular formula is C9H9F2N3. The van der Waals surface area contributed by atoms with Gasteiger partial charge in [-0.15, -0.1) is 0 Å². The van der Waals surface area contributed by atoms with Crippen LogP contribution >= 0.6 is 0 Å². The van der Waals surface area contributed by atoms with E-state index >= 15 is 0 Å². The van der Waals surface area contributed by atoms with E-state index in [0.29, 0.717) is 5.56 Å². The van der Waals surface area contributed by atoms with Gasteiger partial charge in [0.1, 0.15) is 5.82 Å². The molecular weight excluding hydrogens is 188 g/mol. The fraction of sp³-hybridized carbons (Fsp3) is 0.333. The standard InChI is InChI=1S/C9H9F2N3/c1-5-4-14-9(13)6(2-3-12)7(5)8(10)11/h4,8H,2H2,1H3,(H2,13,14). The molecule has 74 valence electrons. The van der Waals surface area contributed by atoms with Crippen LogP contribution in [0.4, 0.5) is 14.6 Å². The fourth-order valence-corrected chi connectivity index (χ4v) is 1.26. The van der Waals surface area contributed by atoms with Gasteiger partial charge in [-0.25, -0.2) is 13.8 Å². The minimum Gasteiger partial charge on any atom is -0.383 e. The van der Waals surface area contributed by atoms with Crippen LogP contribution in [0.1, 0.15) is 23.1 Å². The Kier molecular flexibility index (Phi) is 2.97. The number of nitrogens with two attached hydrogens (primary N) is 1. The maximum Gasteiger partial charge on any atom is 0.264 e. The van der Waals surface area contributed by atoms with Gasteiger partial charge in [-0.1, -0.05) is 0 Å². The highest BCUT2D eigenvalue weighted by atomic mass is 19.3. The molecule has 0 aliphatic rings. The van der Waals surface area contributed by atoms with Gasteiger partial charge >= 0.3 is 0 Å². The van der Waals surface area contributed by atoms with E-state index in [-0.39, 0.29) is 23.4 Å². The molecule has 1 rings (SSSR count). The van der Waals surface area contributed by atoms with Crippen molar-refractivity contribution >= 4 is 5.82 Å². The van der Waals surface area contributed by atoms with Gasteiger partial charge < -0.3 is 5.73 Å². The number of pyridine rings is 1. The first kappa shape index (κ1) is 10.4. The van der Waals surface area contributed by atoms with Crippen LogP contribution in [0, 0.1) is 18.3 Å². The third kappa shape index (κ3) is 1.79. The van der Waals surface area contributed by atoms with Crippen LogP contribution < -0.4 is 5.73 Å². The number of aromatic nitrogens is 1. The van der Waals surface area contributed by atoms with Gasteiger partial charge in [0.15, 0.2) is 0 Å². The number of halogens is 2. The molecule has 1 heterocycles. The maximum atomic E-state index is 12.6. The van der Waals surface area contributed by atoms with Gasteiger partial charge in [0.2, 0.25) is 0 Å². The lowest BCUT2D eigenvalue weighted by Gasteiger charge is -2.10. The molecule has 2 N–H and O–H groups in total. The lowest BCUT2D eigenvalue weighted by molar-refractivity contribution is 0.149. The summed E-state index contributed by atoms with van der Waals surface area (Å²) >= 11 is 0. The first-order chi connectivity index (χ1) is 6.57. The van der Waals surface area contributed by atoms with Crippen LogP contribution in [-0.4, -0.2) is 4.98 Å². The zero-order valence-corrected chi connectivity index (χ0v) is 7.59. The van der Waals surface area contributed by atoms with Crippen molar-refractivity contribution in [2.75, 3.05) is 5.73 Å². The monoisotopic (exact) mass is 197 g/mol. The number of alkyl halides is 2. The Balaban J connectivity index is 3.35. The highest BCUT2D eigenvalue weighted by Gasteiger charge is 2.18. The number of aryl methyl sites for hydroxylation is 1. The Morgan fingerprint density at radius 1 is 1.64 bits per heavy atom. The second-order valence-corrected chi connectivity index (χ2v) is 2.85. The molecule has 1 aromatic rings. The van der Waals surface area contributed by atoms with Crippen molar-refractivity contribution in [3.63, 3.8) is 0 Å². The summed E-state index contributed by atoms with van der Waals surface area (Å²) in [4.78, 5) is 3.73. The average Bonchev–Trinajstić information content (AvgIpc) is 2.11. The molecule has 0 aromatic carbocycles. The first-order valence-corrected chi connectivity index (χ1v) is 3.96. The quantitative estimate of drug-likeness (QED) is 0.788. The van der Waals surface area contributed by atoms with E-state index in [1.807, 2.05) is 0 Å². The molecule has 1 aromatic heterocycles. The highest BCUT2D eigenvalue weighted by molar-refractivity contribution is 5.49. The van der Waals surface area contributed by atoms with Crippen LogP contribution in [0.2, 0.25) is 0 Å². The summed E-state index contributed by atoms with van der Waals surface area (Å²) in [6.45, 7) is 1.52. The summed E-state index contributed by atoms with van der Waals surface area (Å²) < 4.78 is 25.2. The van der Waals surface area contributed by atoms with Gasteiger partial charge in [0.05, 0.1) is 12.5 Å². The van der Waals surface area contributed by atoms with Crippen LogP contribution in [0.25, 0.3) is 0 Å². The van der Waals surface area contributed by atoms with E-state index < -0.39 is 6.43 Å². The number of rotatable bonds is 2. The maximum absolute atomic E-state index is 12.6. The van der Waals surface area contributed by atoms with E-state index in [1.54, 1.807) is 6.07 Å². The van der Waals surface area contributed by atoms with Gasteiger partial charge in [-0.05, 0) is 12.5 Å². The molecule has 0 saturated carbocycles. The number of anilines is 1. The van der Waals surface area contributed by atoms with Gasteiger partial charge in [0, 0.05) is 17.3 Å². The molecule has 14 heavy (non-hydrogen) atoms. The summed E-state index contributed by atoms with van der Waals surface area (Å²) in [7, 11) is 0. The number of hydrogen-bond acceptors (Lipinski definition) is 3. The van der Waals surface area contributed by atoms with Gasteiger partial charge in [-0.2, -0.15) is 5.26 Å². The summed E-state index contributed by atoms with van der Waals surface area (Å²) in [5, 5.41) is 8.46. The van der Waals surface area contributed by atoms with Crippen molar-refractivity contribution in [1.29, 1.82) is 5.26 Å². The van der Waals surface area contributed by atoms with Crippen molar-refractivity contribution in [3.05, 3.63) is 22.9 Å². The molecule has 0 spiro atoms. The molecule has 0 fully saturated rings. The van der Waals surface area contributed by atoms with Crippen molar-refractivity contribution in [1.82, 2.24) is 4.98 Å². The summed E-state index contributed by atoms with van der Waals surface area (Å²) in [5.74, 6) is 0.00690. The second-order valence-electron chi connectivity index (χ2n) is 2.85. The largest absolute Gasteiger partial charge is 0.383 e. The van der Waals surface area contributed by atoms with Crippen molar-refractivity contribution in [3.8, 4) is 6.07 Å². The minimum absolute atomic E-state index is 0.00690. The Morgan fingerprint density at radius 2 is 2.29 bits per heavy atom. The normalized spacial score (nSPS) is 10.2. The van der Waals surface area contributed by atoms with E-state index in [4.69, 9.17) is 11.0 Å². The highest BCUT2D eigenvalue weighted by Crippen LogP contribution is 2.28. The Labute approximate surface area is 80.2 Å². The number of hydrogen-bond donors (Lipinski definition) is 1. The van der Waals surface area contributed by atoms with Gasteiger partial charge in [0.25, 0.3) is 6.43 Å². The molecule has 0 radical (unpaired) electrons. The molecule has 0 atom stereocenters. The molecule has 0 saturated heterocycles. The lowest BCUT2D eigenvalue weighted by atomic mass is 10.0. The van der Waals surface area contributed by atoms with Crippen LogP contribution in [0.5, 0.6) is 0 Å². The topological polar surface area (TPSA) is 62.7 Å². The van der Waals surface area contributed by atoms with Crippen LogP contribution in [-0.2, 0) is 6.42 Å². The van der Waals surface area contributed by atoms with E-state index in [2.05, 4.69) is 4.98 Å². The summed E-state index contributed by atoms with van der Waals surface area (Å²) in [6.07, 6.45) is -1.47. The molecule has 0 amide bonds. The average molecular weight is 197 g/mol. The minimum atomic E-state index is -2.62. The van der Waals surface area contributed by atoms with Crippen molar-refractivity contribution < 1.29 is 8.78 Å². The second kappa shape index (κ2) is 4.01. The number of nitrogens with zero attached hydrogens (tertiary/aromatic N) is 2. The van der Waals surface area contributed by atoms with E-state index in [9.17, 15) is 8.78 Å². The first-order valence-electron chi connectivity index (χ1n) is 3.96. The lowest BCUT2D eigenvalue weighted by Crippen LogP contribution is -2.05. The van der Waals surface area contributed by atoms with Gasteiger partial charge in [-0.3, -0.25) is 0 Å². The zero-order valence-electron chi connectivity index (χ0n) is 7.59. The molecule has 3 nitrogen and oxygen atoms in total. The molecule has 5 heteroatoms. The van der Waals surface area contributed by atoms with E-state index in [0.717, 1.165) is 0 Å². The number of nitrogen functional groups attached to an aromatic ring is 1. The smallest absolute Gasteiger partial charge is 0.264 e. The summed E-state index contributed by atoms with van der Waals surface area (Å²) in [5.41, 5.74) is 5.75. The number of nitriles is 1. The van der Waals surface area contributed by atoms with E-state index in [1.165, 1.54) is 13.1 Å². The Bertz CT molecular complexity index is 382. The van der Waals surface area contributed by atoms with Crippen molar-refractivity contribution in [2.45, 2.75) is 19.8 Å². The predicted molar refractivity (Wildman–Crippen MR) is 47.7 cm³/mol. The Morgan fingerprint density at radius 3 is 2.79 bits per heavy atom. The summed E-state index contributed by atoms with van der Waals surface area (Å²) in [6, 6.07) is 1.79. The molecule has 0 unspecified atom stereocenters. The predicted octanol–water partition coefficient (Wildman–Crippen LogP) is 1.98. The van der Waals surface area contributed by atoms with Crippen LogP contribution in [0.3, 0.4) is 0 Å². The molecule has 0 bridgehead atoms. The fourth-order valence-electron chi connectivity index (χ4n) is 1.26. The molecule has 0 aliphatic heterocycles. The Hall–Kier alpha value is -1.70. The SMILES string of the molecule is Cc1cnc(N)c(CC#N)c1C(F)F. The zero-order chi connectivity index (χ0) is 10.7. The third-order valence-corrected chi connectivity index (χ3v) is 1.93. The third-order valence-electron chi connectivity index (χ3n) is 1.93. The van der Waals surface area contributed by atoms with Crippen LogP contribution in [0.15, 0.2) is 6.20 Å².